The number of anilines is 2. The molecule has 1 aliphatic rings. The molecule has 0 bridgehead atoms. The van der Waals surface area contributed by atoms with Crippen molar-refractivity contribution in [1.82, 2.24) is 10.3 Å². The molecule has 21 heavy (non-hydrogen) atoms. The number of hydrogen-bond acceptors (Lipinski definition) is 4. The number of nitrogens with one attached hydrogen (secondary N) is 1. The van der Waals surface area contributed by atoms with E-state index in [0.717, 1.165) is 49.0 Å². The minimum absolute atomic E-state index is 0.182. The molecule has 0 fully saturated rings. The number of aryl methyl sites for hydroxylation is 1. The molecule has 2 heterocycles. The molecule has 3 nitrogen and oxygen atoms in total. The molecule has 0 radical (unpaired) electrons. The summed E-state index contributed by atoms with van der Waals surface area (Å²) in [5.74, 6) is -0.182. The number of thiazole rings is 1. The summed E-state index contributed by atoms with van der Waals surface area (Å²) >= 11 is 1.71. The Labute approximate surface area is 128 Å². The van der Waals surface area contributed by atoms with Crippen LogP contribution in [0.15, 0.2) is 18.2 Å². The van der Waals surface area contributed by atoms with Gasteiger partial charge in [-0.1, -0.05) is 24.3 Å². The summed E-state index contributed by atoms with van der Waals surface area (Å²) in [6.07, 6.45) is 2.08. The lowest BCUT2D eigenvalue weighted by Gasteiger charge is -2.15. The summed E-state index contributed by atoms with van der Waals surface area (Å²) in [4.78, 5) is 8.09. The normalized spacial score (nSPS) is 13.8. The van der Waals surface area contributed by atoms with E-state index >= 15 is 0 Å². The number of hydrogen-bond donors (Lipinski definition) is 1. The second kappa shape index (κ2) is 6.12. The third-order valence-electron chi connectivity index (χ3n) is 3.77. The maximum absolute atomic E-state index is 13.5. The second-order valence-corrected chi connectivity index (χ2v) is 6.42. The van der Waals surface area contributed by atoms with Crippen LogP contribution in [0.5, 0.6) is 0 Å². The zero-order valence-electron chi connectivity index (χ0n) is 12.4. The van der Waals surface area contributed by atoms with Gasteiger partial charge in [0.15, 0.2) is 5.13 Å². The minimum atomic E-state index is -0.182. The van der Waals surface area contributed by atoms with Crippen molar-refractivity contribution in [2.45, 2.75) is 33.2 Å². The lowest BCUT2D eigenvalue weighted by atomic mass is 10.2. The topological polar surface area (TPSA) is 28.2 Å². The Morgan fingerprint density at radius 1 is 1.43 bits per heavy atom. The summed E-state index contributed by atoms with van der Waals surface area (Å²) in [6, 6.07) is 5.04. The van der Waals surface area contributed by atoms with Crippen LogP contribution in [-0.2, 0) is 13.0 Å². The van der Waals surface area contributed by atoms with Gasteiger partial charge in [-0.15, -0.1) is 0 Å². The van der Waals surface area contributed by atoms with E-state index in [2.05, 4.69) is 22.1 Å². The summed E-state index contributed by atoms with van der Waals surface area (Å²) in [5, 5.41) is 4.39. The van der Waals surface area contributed by atoms with Gasteiger partial charge in [-0.25, -0.2) is 9.37 Å². The molecular weight excluding hydrogens is 285 g/mol. The highest BCUT2D eigenvalue weighted by Crippen LogP contribution is 2.37. The zero-order valence-corrected chi connectivity index (χ0v) is 13.3. The summed E-state index contributed by atoms with van der Waals surface area (Å²) in [7, 11) is 0. The van der Waals surface area contributed by atoms with Crippen LogP contribution >= 0.6 is 11.3 Å². The molecule has 1 aliphatic heterocycles. The SMILES string of the molecule is CCCNCc1sc(N2CCc3ccc(F)cc32)nc1C. The smallest absolute Gasteiger partial charge is 0.190 e. The third-order valence-corrected chi connectivity index (χ3v) is 4.95. The van der Waals surface area contributed by atoms with Crippen molar-refractivity contribution in [1.29, 1.82) is 0 Å². The quantitative estimate of drug-likeness (QED) is 0.852. The van der Waals surface area contributed by atoms with Crippen LogP contribution in [0.2, 0.25) is 0 Å². The molecular formula is C16H20FN3S. The molecule has 0 amide bonds. The van der Waals surface area contributed by atoms with Gasteiger partial charge in [0.25, 0.3) is 0 Å². The minimum Gasteiger partial charge on any atom is -0.317 e. The van der Waals surface area contributed by atoms with E-state index in [-0.39, 0.29) is 5.82 Å². The van der Waals surface area contributed by atoms with Crippen LogP contribution in [0, 0.1) is 12.7 Å². The van der Waals surface area contributed by atoms with Gasteiger partial charge in [-0.3, -0.25) is 0 Å². The number of rotatable bonds is 5. The molecule has 0 unspecified atom stereocenters. The molecule has 0 spiro atoms. The fraction of sp³-hybridized carbons (Fsp3) is 0.438. The highest BCUT2D eigenvalue weighted by Gasteiger charge is 2.24. The van der Waals surface area contributed by atoms with Gasteiger partial charge in [-0.2, -0.15) is 0 Å². The van der Waals surface area contributed by atoms with Crippen molar-refractivity contribution < 1.29 is 4.39 Å². The van der Waals surface area contributed by atoms with E-state index in [0.29, 0.717) is 0 Å². The van der Waals surface area contributed by atoms with Crippen LogP contribution in [0.3, 0.4) is 0 Å². The molecule has 0 saturated heterocycles. The molecule has 112 valence electrons. The van der Waals surface area contributed by atoms with Gasteiger partial charge in [0.1, 0.15) is 5.82 Å². The molecule has 0 atom stereocenters. The van der Waals surface area contributed by atoms with E-state index in [1.807, 2.05) is 13.0 Å². The standard InChI is InChI=1S/C16H20FN3S/c1-3-7-18-10-15-11(2)19-16(21-15)20-8-6-12-4-5-13(17)9-14(12)20/h4-5,9,18H,3,6-8,10H2,1-2H3. The Bertz CT molecular complexity index is 638. The monoisotopic (exact) mass is 305 g/mol. The van der Waals surface area contributed by atoms with Crippen LogP contribution in [-0.4, -0.2) is 18.1 Å². The Morgan fingerprint density at radius 3 is 3.10 bits per heavy atom. The van der Waals surface area contributed by atoms with E-state index in [1.165, 1.54) is 16.5 Å². The van der Waals surface area contributed by atoms with E-state index in [9.17, 15) is 4.39 Å². The highest BCUT2D eigenvalue weighted by atomic mass is 32.1. The van der Waals surface area contributed by atoms with E-state index in [4.69, 9.17) is 0 Å². The molecule has 5 heteroatoms. The molecule has 1 aromatic carbocycles. The summed E-state index contributed by atoms with van der Waals surface area (Å²) < 4.78 is 13.5. The van der Waals surface area contributed by atoms with Crippen LogP contribution < -0.4 is 10.2 Å². The first-order valence-electron chi connectivity index (χ1n) is 7.42. The zero-order chi connectivity index (χ0) is 14.8. The van der Waals surface area contributed by atoms with Gasteiger partial charge in [0.2, 0.25) is 0 Å². The van der Waals surface area contributed by atoms with Crippen molar-refractivity contribution in [3.05, 3.63) is 40.2 Å². The maximum Gasteiger partial charge on any atom is 0.190 e. The number of benzene rings is 1. The molecule has 3 rings (SSSR count). The largest absolute Gasteiger partial charge is 0.317 e. The number of aromatic nitrogens is 1. The summed E-state index contributed by atoms with van der Waals surface area (Å²) in [6.45, 7) is 6.97. The van der Waals surface area contributed by atoms with E-state index in [1.54, 1.807) is 17.4 Å². The second-order valence-electron chi connectivity index (χ2n) is 5.36. The Balaban J connectivity index is 1.83. The first kappa shape index (κ1) is 14.5. The third kappa shape index (κ3) is 2.94. The number of halogens is 1. The average Bonchev–Trinajstić information content (AvgIpc) is 3.03. The fourth-order valence-corrected chi connectivity index (χ4v) is 3.69. The molecule has 1 N–H and O–H groups in total. The maximum atomic E-state index is 13.5. The van der Waals surface area contributed by atoms with Gasteiger partial charge in [0, 0.05) is 23.7 Å². The number of fused-ring (bicyclic) bond motifs is 1. The Kier molecular flexibility index (Phi) is 4.22. The predicted octanol–water partition coefficient (Wildman–Crippen LogP) is 3.78. The molecule has 2 aromatic rings. The lowest BCUT2D eigenvalue weighted by Crippen LogP contribution is -2.13. The van der Waals surface area contributed by atoms with Crippen molar-refractivity contribution in [3.8, 4) is 0 Å². The fourth-order valence-electron chi connectivity index (χ4n) is 2.62. The molecule has 1 aromatic heterocycles. The van der Waals surface area contributed by atoms with Gasteiger partial charge in [-0.05, 0) is 44.0 Å². The Hall–Kier alpha value is -1.46. The van der Waals surface area contributed by atoms with Gasteiger partial charge < -0.3 is 10.2 Å². The predicted molar refractivity (Wildman–Crippen MR) is 86.0 cm³/mol. The van der Waals surface area contributed by atoms with E-state index < -0.39 is 0 Å². The first-order chi connectivity index (χ1) is 10.2. The number of nitrogens with zero attached hydrogens (tertiary/aromatic N) is 2. The summed E-state index contributed by atoms with van der Waals surface area (Å²) in [5.41, 5.74) is 3.25. The highest BCUT2D eigenvalue weighted by molar-refractivity contribution is 7.15. The van der Waals surface area contributed by atoms with Crippen molar-refractivity contribution >= 4 is 22.2 Å². The average molecular weight is 305 g/mol. The van der Waals surface area contributed by atoms with Crippen LogP contribution in [0.4, 0.5) is 15.2 Å². The van der Waals surface area contributed by atoms with Crippen molar-refractivity contribution in [3.63, 3.8) is 0 Å². The van der Waals surface area contributed by atoms with Gasteiger partial charge >= 0.3 is 0 Å². The van der Waals surface area contributed by atoms with Gasteiger partial charge in [0.05, 0.1) is 5.69 Å². The molecule has 0 aliphatic carbocycles. The first-order valence-corrected chi connectivity index (χ1v) is 8.23. The van der Waals surface area contributed by atoms with Crippen LogP contribution in [0.1, 0.15) is 29.5 Å². The molecule has 0 saturated carbocycles. The van der Waals surface area contributed by atoms with Crippen molar-refractivity contribution in [2.75, 3.05) is 18.0 Å². The van der Waals surface area contributed by atoms with Crippen molar-refractivity contribution in [2.24, 2.45) is 0 Å². The Morgan fingerprint density at radius 2 is 2.29 bits per heavy atom. The lowest BCUT2D eigenvalue weighted by molar-refractivity contribution is 0.628. The van der Waals surface area contributed by atoms with Crippen LogP contribution in [0.25, 0.3) is 0 Å².